The number of hydrogen-bond donors (Lipinski definition) is 2. The Morgan fingerprint density at radius 3 is 2.36 bits per heavy atom. The van der Waals surface area contributed by atoms with Gasteiger partial charge in [-0.05, 0) is 24.3 Å². The van der Waals surface area contributed by atoms with E-state index in [4.69, 9.17) is 0 Å². The highest BCUT2D eigenvalue weighted by Gasteiger charge is 2.11. The maximum absolute atomic E-state index is 13.4. The number of thioether (sulfide) groups is 1. The van der Waals surface area contributed by atoms with Crippen molar-refractivity contribution < 1.29 is 23.3 Å². The van der Waals surface area contributed by atoms with E-state index in [1.54, 1.807) is 0 Å². The van der Waals surface area contributed by atoms with Crippen molar-refractivity contribution in [3.63, 3.8) is 0 Å². The second-order valence-electron chi connectivity index (χ2n) is 4.67. The summed E-state index contributed by atoms with van der Waals surface area (Å²) in [5, 5.41) is 10.5. The Bertz CT molecular complexity index is 815. The van der Waals surface area contributed by atoms with E-state index in [0.29, 0.717) is 6.07 Å². The van der Waals surface area contributed by atoms with Crippen LogP contribution < -0.4 is 10.9 Å². The molecule has 0 saturated heterocycles. The van der Waals surface area contributed by atoms with Gasteiger partial charge in [-0.3, -0.25) is 30.6 Å². The lowest BCUT2D eigenvalue weighted by Gasteiger charge is -2.07. The summed E-state index contributed by atoms with van der Waals surface area (Å²) in [4.78, 5) is 33.5. The van der Waals surface area contributed by atoms with Crippen molar-refractivity contribution in [2.45, 2.75) is 4.90 Å². The number of nitrogens with zero attached hydrogens (tertiary/aromatic N) is 1. The third-order valence-corrected chi connectivity index (χ3v) is 3.96. The number of rotatable bonds is 5. The minimum absolute atomic E-state index is 0.0956. The fraction of sp³-hybridized carbons (Fsp3) is 0.0667. The molecular weight excluding hydrogens is 356 g/mol. The molecule has 0 aromatic heterocycles. The van der Waals surface area contributed by atoms with Crippen LogP contribution in [0.3, 0.4) is 0 Å². The molecule has 2 N–H and O–H groups in total. The minimum Gasteiger partial charge on any atom is -0.272 e. The number of amides is 2. The molecule has 25 heavy (non-hydrogen) atoms. The van der Waals surface area contributed by atoms with E-state index in [9.17, 15) is 28.5 Å². The van der Waals surface area contributed by atoms with Crippen molar-refractivity contribution in [1.29, 1.82) is 0 Å². The Kier molecular flexibility index (Phi) is 6.01. The number of benzene rings is 2. The number of non-ortho nitro benzene ring substituents is 1. The Balaban J connectivity index is 1.82. The van der Waals surface area contributed by atoms with Crippen molar-refractivity contribution in [2.75, 3.05) is 5.75 Å². The van der Waals surface area contributed by atoms with E-state index in [2.05, 4.69) is 10.9 Å². The molecule has 0 bridgehead atoms. The fourth-order valence-electron chi connectivity index (χ4n) is 1.70. The third-order valence-electron chi connectivity index (χ3n) is 2.91. The first-order valence-corrected chi connectivity index (χ1v) is 7.77. The number of halogens is 2. The van der Waals surface area contributed by atoms with E-state index in [1.807, 2.05) is 0 Å². The van der Waals surface area contributed by atoms with Crippen LogP contribution in [0.1, 0.15) is 10.4 Å². The van der Waals surface area contributed by atoms with Crippen LogP contribution in [-0.2, 0) is 4.79 Å². The molecule has 2 aromatic rings. The van der Waals surface area contributed by atoms with Gasteiger partial charge in [-0.2, -0.15) is 0 Å². The van der Waals surface area contributed by atoms with Crippen molar-refractivity contribution in [3.8, 4) is 0 Å². The second-order valence-corrected chi connectivity index (χ2v) is 5.69. The number of nitro groups is 1. The van der Waals surface area contributed by atoms with E-state index >= 15 is 0 Å². The molecule has 0 spiro atoms. The summed E-state index contributed by atoms with van der Waals surface area (Å²) in [6.07, 6.45) is 0. The Morgan fingerprint density at radius 1 is 1.08 bits per heavy atom. The highest BCUT2D eigenvalue weighted by Crippen LogP contribution is 2.21. The van der Waals surface area contributed by atoms with Crippen molar-refractivity contribution in [3.05, 3.63) is 69.8 Å². The van der Waals surface area contributed by atoms with Gasteiger partial charge in [0.15, 0.2) is 0 Å². The Morgan fingerprint density at radius 2 is 1.76 bits per heavy atom. The summed E-state index contributed by atoms with van der Waals surface area (Å²) >= 11 is 0.837. The number of hydrazine groups is 1. The summed E-state index contributed by atoms with van der Waals surface area (Å²) in [5.74, 6) is -2.98. The largest absolute Gasteiger partial charge is 0.272 e. The number of carbonyl (C=O) groups excluding carboxylic acids is 2. The zero-order valence-electron chi connectivity index (χ0n) is 12.5. The van der Waals surface area contributed by atoms with Crippen LogP contribution in [0.5, 0.6) is 0 Å². The average Bonchev–Trinajstić information content (AvgIpc) is 2.59. The second kappa shape index (κ2) is 8.20. The van der Waals surface area contributed by atoms with Crippen LogP contribution in [0, 0.1) is 21.7 Å². The molecule has 2 aromatic carbocycles. The Labute approximate surface area is 144 Å². The maximum Gasteiger partial charge on any atom is 0.269 e. The Hall–Kier alpha value is -3.01. The first kappa shape index (κ1) is 18.3. The minimum atomic E-state index is -0.785. The third kappa shape index (κ3) is 5.24. The van der Waals surface area contributed by atoms with Gasteiger partial charge < -0.3 is 0 Å². The van der Waals surface area contributed by atoms with Crippen LogP contribution in [0.25, 0.3) is 0 Å². The molecule has 130 valence electrons. The van der Waals surface area contributed by atoms with Gasteiger partial charge in [0.2, 0.25) is 5.91 Å². The number of hydrogen-bond acceptors (Lipinski definition) is 5. The molecule has 0 aliphatic heterocycles. The zero-order chi connectivity index (χ0) is 18.4. The highest BCUT2D eigenvalue weighted by molar-refractivity contribution is 8.00. The van der Waals surface area contributed by atoms with Crippen molar-refractivity contribution in [1.82, 2.24) is 10.9 Å². The van der Waals surface area contributed by atoms with Crippen LogP contribution in [0.4, 0.5) is 14.5 Å². The molecule has 0 aliphatic rings. The monoisotopic (exact) mass is 367 g/mol. The van der Waals surface area contributed by atoms with Crippen LogP contribution in [0.15, 0.2) is 47.4 Å². The van der Waals surface area contributed by atoms with Gasteiger partial charge in [-0.1, -0.05) is 0 Å². The van der Waals surface area contributed by atoms with Gasteiger partial charge in [-0.25, -0.2) is 8.78 Å². The molecule has 0 unspecified atom stereocenters. The SMILES string of the molecule is O=C(CSc1ccc(F)cc1F)NNC(=O)c1ccc([N+](=O)[O-])cc1. The van der Waals surface area contributed by atoms with Gasteiger partial charge in [0.05, 0.1) is 10.7 Å². The van der Waals surface area contributed by atoms with Gasteiger partial charge in [0.1, 0.15) is 11.6 Å². The molecule has 2 rings (SSSR count). The van der Waals surface area contributed by atoms with Crippen LogP contribution in [-0.4, -0.2) is 22.5 Å². The highest BCUT2D eigenvalue weighted by atomic mass is 32.2. The molecule has 7 nitrogen and oxygen atoms in total. The van der Waals surface area contributed by atoms with E-state index in [0.717, 1.165) is 30.0 Å². The van der Waals surface area contributed by atoms with Crippen molar-refractivity contribution in [2.24, 2.45) is 0 Å². The number of carbonyl (C=O) groups is 2. The van der Waals surface area contributed by atoms with Crippen LogP contribution >= 0.6 is 11.8 Å². The number of nitrogens with one attached hydrogen (secondary N) is 2. The maximum atomic E-state index is 13.4. The predicted octanol–water partition coefficient (Wildman–Crippen LogP) is 2.43. The molecule has 0 heterocycles. The van der Waals surface area contributed by atoms with Gasteiger partial charge in [0, 0.05) is 28.7 Å². The summed E-state index contributed by atoms with van der Waals surface area (Å²) in [5.41, 5.74) is 4.21. The molecule has 0 aliphatic carbocycles. The molecular formula is C15H11F2N3O4S. The molecule has 0 radical (unpaired) electrons. The lowest BCUT2D eigenvalue weighted by Crippen LogP contribution is -2.42. The van der Waals surface area contributed by atoms with Gasteiger partial charge >= 0.3 is 0 Å². The smallest absolute Gasteiger partial charge is 0.269 e. The summed E-state index contributed by atoms with van der Waals surface area (Å²) in [6, 6.07) is 7.77. The lowest BCUT2D eigenvalue weighted by atomic mass is 10.2. The summed E-state index contributed by atoms with van der Waals surface area (Å²) < 4.78 is 26.2. The average molecular weight is 367 g/mol. The van der Waals surface area contributed by atoms with Gasteiger partial charge in [-0.15, -0.1) is 11.8 Å². The standard InChI is InChI=1S/C15H11F2N3O4S/c16-10-3-6-13(12(17)7-10)25-8-14(21)18-19-15(22)9-1-4-11(5-2-9)20(23)24/h1-7H,8H2,(H,18,21)(H,19,22). The van der Waals surface area contributed by atoms with Crippen molar-refractivity contribution >= 4 is 29.3 Å². The number of nitro benzene ring substituents is 1. The fourth-order valence-corrected chi connectivity index (χ4v) is 2.42. The molecule has 0 fully saturated rings. The summed E-state index contributed by atoms with van der Waals surface area (Å²) in [6.45, 7) is 0. The molecule has 0 atom stereocenters. The molecule has 0 saturated carbocycles. The van der Waals surface area contributed by atoms with Crippen LogP contribution in [0.2, 0.25) is 0 Å². The van der Waals surface area contributed by atoms with E-state index < -0.39 is 28.4 Å². The predicted molar refractivity (Wildman–Crippen MR) is 85.8 cm³/mol. The van der Waals surface area contributed by atoms with E-state index in [-0.39, 0.29) is 21.9 Å². The first-order valence-electron chi connectivity index (χ1n) is 6.78. The first-order chi connectivity index (χ1) is 11.9. The normalized spacial score (nSPS) is 10.2. The van der Waals surface area contributed by atoms with Gasteiger partial charge in [0.25, 0.3) is 11.6 Å². The van der Waals surface area contributed by atoms with E-state index in [1.165, 1.54) is 18.2 Å². The zero-order valence-corrected chi connectivity index (χ0v) is 13.3. The summed E-state index contributed by atoms with van der Waals surface area (Å²) in [7, 11) is 0. The quantitative estimate of drug-likeness (QED) is 0.480. The molecule has 10 heteroatoms. The topological polar surface area (TPSA) is 101 Å². The molecule has 2 amide bonds. The lowest BCUT2D eigenvalue weighted by molar-refractivity contribution is -0.384.